The summed E-state index contributed by atoms with van der Waals surface area (Å²) >= 11 is 0. The zero-order valence-corrected chi connectivity index (χ0v) is 19.0. The van der Waals surface area contributed by atoms with Gasteiger partial charge in [-0.15, -0.1) is 0 Å². The number of aliphatic imine (C=N–C) groups is 1. The predicted molar refractivity (Wildman–Crippen MR) is 129 cm³/mol. The Morgan fingerprint density at radius 2 is 1.94 bits per heavy atom. The maximum atomic E-state index is 12.7. The molecule has 6 heteroatoms. The standard InChI is InChI=1S/C26H34N4O2/c1-27-26(29-16-13-22(18-29)20-32-19-21-8-3-2-4-9-21)28-15-7-12-25(31)30-17-14-23-10-5-6-11-24(23)30/h2-6,8-11,22H,7,12-20H2,1H3,(H,27,28). The molecule has 0 aliphatic carbocycles. The van der Waals surface area contributed by atoms with Crippen LogP contribution < -0.4 is 10.2 Å². The Bertz CT molecular complexity index is 915. The minimum atomic E-state index is 0.212. The number of fused-ring (bicyclic) bond motifs is 1. The van der Waals surface area contributed by atoms with Crippen molar-refractivity contribution in [1.82, 2.24) is 10.2 Å². The summed E-state index contributed by atoms with van der Waals surface area (Å²) in [6, 6.07) is 18.5. The van der Waals surface area contributed by atoms with Crippen molar-refractivity contribution < 1.29 is 9.53 Å². The molecule has 2 aromatic rings. The van der Waals surface area contributed by atoms with E-state index in [0.717, 1.165) is 63.7 Å². The Kier molecular flexibility index (Phi) is 7.77. The molecule has 2 aromatic carbocycles. The highest BCUT2D eigenvalue weighted by Crippen LogP contribution is 2.28. The summed E-state index contributed by atoms with van der Waals surface area (Å²) in [5.41, 5.74) is 3.57. The van der Waals surface area contributed by atoms with Crippen molar-refractivity contribution in [2.45, 2.75) is 32.3 Å². The lowest BCUT2D eigenvalue weighted by Crippen LogP contribution is -2.41. The van der Waals surface area contributed by atoms with E-state index in [1.165, 1.54) is 11.1 Å². The van der Waals surface area contributed by atoms with Gasteiger partial charge in [0, 0.05) is 51.3 Å². The first kappa shape index (κ1) is 22.3. The highest BCUT2D eigenvalue weighted by atomic mass is 16.5. The lowest BCUT2D eigenvalue weighted by molar-refractivity contribution is -0.118. The minimum absolute atomic E-state index is 0.212. The summed E-state index contributed by atoms with van der Waals surface area (Å²) in [6.45, 7) is 4.93. The summed E-state index contributed by atoms with van der Waals surface area (Å²) in [5, 5.41) is 3.44. The van der Waals surface area contributed by atoms with E-state index in [2.05, 4.69) is 33.4 Å². The van der Waals surface area contributed by atoms with E-state index in [0.29, 0.717) is 18.9 Å². The fourth-order valence-electron chi connectivity index (χ4n) is 4.58. The fraction of sp³-hybridized carbons (Fsp3) is 0.462. The van der Waals surface area contributed by atoms with Gasteiger partial charge in [-0.2, -0.15) is 0 Å². The SMILES string of the molecule is CN=C(NCCCC(=O)N1CCc2ccccc21)N1CCC(COCc2ccccc2)C1. The van der Waals surface area contributed by atoms with Gasteiger partial charge in [-0.05, 0) is 36.5 Å². The molecular weight excluding hydrogens is 400 g/mol. The Hall–Kier alpha value is -2.86. The average molecular weight is 435 g/mol. The highest BCUT2D eigenvalue weighted by molar-refractivity contribution is 5.95. The van der Waals surface area contributed by atoms with Gasteiger partial charge in [-0.3, -0.25) is 9.79 Å². The third kappa shape index (κ3) is 5.68. The zero-order valence-electron chi connectivity index (χ0n) is 19.0. The van der Waals surface area contributed by atoms with Crippen LogP contribution >= 0.6 is 0 Å². The molecule has 0 aromatic heterocycles. The van der Waals surface area contributed by atoms with E-state index in [1.54, 1.807) is 0 Å². The second kappa shape index (κ2) is 11.1. The van der Waals surface area contributed by atoms with Crippen LogP contribution in [0.5, 0.6) is 0 Å². The number of rotatable bonds is 8. The van der Waals surface area contributed by atoms with E-state index in [-0.39, 0.29) is 5.91 Å². The molecule has 32 heavy (non-hydrogen) atoms. The first-order chi connectivity index (χ1) is 15.7. The van der Waals surface area contributed by atoms with Crippen LogP contribution in [0.15, 0.2) is 59.6 Å². The first-order valence-electron chi connectivity index (χ1n) is 11.7. The third-order valence-corrected chi connectivity index (χ3v) is 6.30. The summed E-state index contributed by atoms with van der Waals surface area (Å²) < 4.78 is 5.93. The molecule has 1 saturated heterocycles. The number of carbonyl (C=O) groups excluding carboxylic acids is 1. The fourth-order valence-corrected chi connectivity index (χ4v) is 4.58. The smallest absolute Gasteiger partial charge is 0.227 e. The predicted octanol–water partition coefficient (Wildman–Crippen LogP) is 3.47. The summed E-state index contributed by atoms with van der Waals surface area (Å²) in [6.07, 6.45) is 3.42. The maximum Gasteiger partial charge on any atom is 0.227 e. The van der Waals surface area contributed by atoms with Gasteiger partial charge in [0.2, 0.25) is 5.91 Å². The number of anilines is 1. The number of hydrogen-bond donors (Lipinski definition) is 1. The molecule has 1 N–H and O–H groups in total. The molecule has 1 unspecified atom stereocenters. The van der Waals surface area contributed by atoms with Crippen LogP contribution in [0.25, 0.3) is 0 Å². The average Bonchev–Trinajstić information content (AvgIpc) is 3.47. The van der Waals surface area contributed by atoms with E-state index >= 15 is 0 Å². The van der Waals surface area contributed by atoms with E-state index < -0.39 is 0 Å². The third-order valence-electron chi connectivity index (χ3n) is 6.30. The number of ether oxygens (including phenoxy) is 1. The molecule has 0 spiro atoms. The Labute approximate surface area is 191 Å². The highest BCUT2D eigenvalue weighted by Gasteiger charge is 2.26. The van der Waals surface area contributed by atoms with Gasteiger partial charge < -0.3 is 19.9 Å². The molecule has 2 heterocycles. The molecule has 170 valence electrons. The topological polar surface area (TPSA) is 57.2 Å². The zero-order chi connectivity index (χ0) is 22.2. The van der Waals surface area contributed by atoms with Crippen LogP contribution in [0.3, 0.4) is 0 Å². The molecule has 4 rings (SSSR count). The van der Waals surface area contributed by atoms with Gasteiger partial charge in [0.05, 0.1) is 13.2 Å². The Morgan fingerprint density at radius 3 is 2.78 bits per heavy atom. The van der Waals surface area contributed by atoms with Crippen molar-refractivity contribution >= 4 is 17.6 Å². The molecule has 1 atom stereocenters. The normalized spacial score (nSPS) is 18.2. The molecule has 0 saturated carbocycles. The number of carbonyl (C=O) groups is 1. The molecule has 2 aliphatic rings. The summed E-state index contributed by atoms with van der Waals surface area (Å²) in [5.74, 6) is 1.66. The van der Waals surface area contributed by atoms with Crippen molar-refractivity contribution in [3.8, 4) is 0 Å². The van der Waals surface area contributed by atoms with Crippen molar-refractivity contribution in [3.05, 3.63) is 65.7 Å². The molecule has 1 fully saturated rings. The van der Waals surface area contributed by atoms with Gasteiger partial charge in [-0.25, -0.2) is 0 Å². The van der Waals surface area contributed by atoms with Crippen LogP contribution in [0.2, 0.25) is 0 Å². The van der Waals surface area contributed by atoms with Gasteiger partial charge in [0.15, 0.2) is 5.96 Å². The van der Waals surface area contributed by atoms with Crippen molar-refractivity contribution in [3.63, 3.8) is 0 Å². The summed E-state index contributed by atoms with van der Waals surface area (Å²) in [4.78, 5) is 21.4. The lowest BCUT2D eigenvalue weighted by atomic mass is 10.1. The first-order valence-corrected chi connectivity index (χ1v) is 11.7. The van der Waals surface area contributed by atoms with Crippen LogP contribution in [-0.2, 0) is 22.6 Å². The maximum absolute atomic E-state index is 12.7. The number of nitrogens with zero attached hydrogens (tertiary/aromatic N) is 3. The number of amides is 1. The van der Waals surface area contributed by atoms with Gasteiger partial charge >= 0.3 is 0 Å². The molecule has 6 nitrogen and oxygen atoms in total. The quantitative estimate of drug-likeness (QED) is 0.393. The second-order valence-corrected chi connectivity index (χ2v) is 8.60. The number of nitrogens with one attached hydrogen (secondary N) is 1. The Balaban J connectivity index is 1.14. The number of benzene rings is 2. The van der Waals surface area contributed by atoms with Crippen molar-refractivity contribution in [1.29, 1.82) is 0 Å². The van der Waals surface area contributed by atoms with Crippen LogP contribution in [-0.4, -0.2) is 56.6 Å². The Morgan fingerprint density at radius 1 is 1.12 bits per heavy atom. The van der Waals surface area contributed by atoms with Gasteiger partial charge in [-0.1, -0.05) is 48.5 Å². The monoisotopic (exact) mass is 434 g/mol. The summed E-state index contributed by atoms with van der Waals surface area (Å²) in [7, 11) is 1.83. The van der Waals surface area contributed by atoms with Gasteiger partial charge in [0.1, 0.15) is 0 Å². The van der Waals surface area contributed by atoms with E-state index in [1.807, 2.05) is 48.3 Å². The molecule has 1 amide bonds. The second-order valence-electron chi connectivity index (χ2n) is 8.60. The number of hydrogen-bond acceptors (Lipinski definition) is 3. The minimum Gasteiger partial charge on any atom is -0.376 e. The molecule has 0 bridgehead atoms. The number of likely N-dealkylation sites (tertiary alicyclic amines) is 1. The largest absolute Gasteiger partial charge is 0.376 e. The van der Waals surface area contributed by atoms with E-state index in [9.17, 15) is 4.79 Å². The number of para-hydroxylation sites is 1. The molecule has 0 radical (unpaired) electrons. The number of guanidine groups is 1. The van der Waals surface area contributed by atoms with Crippen molar-refractivity contribution in [2.75, 3.05) is 44.7 Å². The van der Waals surface area contributed by atoms with Gasteiger partial charge in [0.25, 0.3) is 0 Å². The van der Waals surface area contributed by atoms with Crippen LogP contribution in [0, 0.1) is 5.92 Å². The lowest BCUT2D eigenvalue weighted by Gasteiger charge is -2.22. The van der Waals surface area contributed by atoms with Crippen LogP contribution in [0.4, 0.5) is 5.69 Å². The van der Waals surface area contributed by atoms with Crippen molar-refractivity contribution in [2.24, 2.45) is 10.9 Å². The molecular formula is C26H34N4O2. The molecule has 2 aliphatic heterocycles. The van der Waals surface area contributed by atoms with E-state index in [4.69, 9.17) is 4.74 Å². The van der Waals surface area contributed by atoms with Crippen LogP contribution in [0.1, 0.15) is 30.4 Å².